The molecule has 4 heteroatoms. The van der Waals surface area contributed by atoms with Gasteiger partial charge < -0.3 is 10.4 Å². The van der Waals surface area contributed by atoms with E-state index in [0.29, 0.717) is 6.04 Å². The summed E-state index contributed by atoms with van der Waals surface area (Å²) in [5, 5.41) is 15.3. The highest BCUT2D eigenvalue weighted by Crippen LogP contribution is 2.22. The normalized spacial score (nSPS) is 24.0. The number of halogens is 1. The number of aliphatic hydroxyl groups is 1. The van der Waals surface area contributed by atoms with Crippen LogP contribution in [0.15, 0.2) is 15.9 Å². The molecule has 0 spiro atoms. The van der Waals surface area contributed by atoms with Gasteiger partial charge in [0.2, 0.25) is 0 Å². The average molecular weight is 276 g/mol. The fourth-order valence-corrected chi connectivity index (χ4v) is 3.35. The van der Waals surface area contributed by atoms with E-state index >= 15 is 0 Å². The summed E-state index contributed by atoms with van der Waals surface area (Å²) >= 11 is 5.12. The van der Waals surface area contributed by atoms with E-state index in [-0.39, 0.29) is 6.10 Å². The minimum absolute atomic E-state index is 0.233. The molecule has 1 aliphatic heterocycles. The van der Waals surface area contributed by atoms with E-state index in [4.69, 9.17) is 0 Å². The molecule has 0 aliphatic carbocycles. The molecular formula is C10H14BrNOS. The predicted molar refractivity (Wildman–Crippen MR) is 62.8 cm³/mol. The van der Waals surface area contributed by atoms with Crippen molar-refractivity contribution < 1.29 is 5.11 Å². The first-order valence-electron chi connectivity index (χ1n) is 4.90. The molecule has 78 valence electrons. The Morgan fingerprint density at radius 2 is 2.57 bits per heavy atom. The van der Waals surface area contributed by atoms with Gasteiger partial charge in [0.05, 0.1) is 6.10 Å². The van der Waals surface area contributed by atoms with E-state index in [1.54, 1.807) is 11.3 Å². The van der Waals surface area contributed by atoms with Crippen LogP contribution in [0.4, 0.5) is 0 Å². The van der Waals surface area contributed by atoms with Crippen LogP contribution in [0, 0.1) is 0 Å². The Labute approximate surface area is 96.5 Å². The van der Waals surface area contributed by atoms with Crippen molar-refractivity contribution >= 4 is 27.3 Å². The molecule has 0 saturated carbocycles. The van der Waals surface area contributed by atoms with Gasteiger partial charge in [0.25, 0.3) is 0 Å². The molecule has 14 heavy (non-hydrogen) atoms. The Bertz CT molecular complexity index is 296. The summed E-state index contributed by atoms with van der Waals surface area (Å²) in [5.41, 5.74) is 0. The van der Waals surface area contributed by atoms with E-state index in [1.165, 1.54) is 11.3 Å². The molecule has 2 rings (SSSR count). The number of nitrogens with one attached hydrogen (secondary N) is 1. The molecule has 2 heterocycles. The second-order valence-electron chi connectivity index (χ2n) is 3.71. The Balaban J connectivity index is 1.90. The van der Waals surface area contributed by atoms with Crippen LogP contribution in [0.3, 0.4) is 0 Å². The second-order valence-corrected chi connectivity index (χ2v) is 5.62. The number of aliphatic hydroxyl groups excluding tert-OH is 1. The van der Waals surface area contributed by atoms with Crippen LogP contribution < -0.4 is 5.32 Å². The van der Waals surface area contributed by atoms with E-state index in [1.807, 2.05) is 0 Å². The van der Waals surface area contributed by atoms with E-state index < -0.39 is 0 Å². The van der Waals surface area contributed by atoms with Crippen molar-refractivity contribution in [3.63, 3.8) is 0 Å². The maximum Gasteiger partial charge on any atom is 0.0741 e. The lowest BCUT2D eigenvalue weighted by Gasteiger charge is -2.17. The maximum absolute atomic E-state index is 9.94. The molecule has 2 nitrogen and oxygen atoms in total. The van der Waals surface area contributed by atoms with Crippen molar-refractivity contribution in [2.45, 2.75) is 31.4 Å². The molecule has 0 bridgehead atoms. The molecule has 1 aromatic heterocycles. The van der Waals surface area contributed by atoms with E-state index in [0.717, 1.165) is 23.9 Å². The van der Waals surface area contributed by atoms with Crippen molar-refractivity contribution in [1.29, 1.82) is 0 Å². The SMILES string of the molecule is OC(Cc1cc(Br)cs1)C1CCCN1. The standard InChI is InChI=1S/C10H14BrNOS/c11-7-4-8(14-6-7)5-10(13)9-2-1-3-12-9/h4,6,9-10,12-13H,1-3,5H2. The quantitative estimate of drug-likeness (QED) is 0.886. The monoisotopic (exact) mass is 275 g/mol. The Morgan fingerprint density at radius 3 is 3.14 bits per heavy atom. The van der Waals surface area contributed by atoms with Crippen molar-refractivity contribution in [3.05, 3.63) is 20.8 Å². The highest BCUT2D eigenvalue weighted by Gasteiger charge is 2.22. The van der Waals surface area contributed by atoms with Gasteiger partial charge in [0.1, 0.15) is 0 Å². The van der Waals surface area contributed by atoms with E-state index in [9.17, 15) is 5.11 Å². The van der Waals surface area contributed by atoms with Gasteiger partial charge in [-0.15, -0.1) is 11.3 Å². The minimum Gasteiger partial charge on any atom is -0.391 e. The summed E-state index contributed by atoms with van der Waals surface area (Å²) in [5.74, 6) is 0. The van der Waals surface area contributed by atoms with Crippen LogP contribution in [-0.2, 0) is 6.42 Å². The summed E-state index contributed by atoms with van der Waals surface area (Å²) in [6.45, 7) is 1.05. The third-order valence-electron chi connectivity index (χ3n) is 2.59. The summed E-state index contributed by atoms with van der Waals surface area (Å²) < 4.78 is 1.11. The van der Waals surface area contributed by atoms with Crippen LogP contribution in [0.25, 0.3) is 0 Å². The molecule has 0 amide bonds. The van der Waals surface area contributed by atoms with Crippen LogP contribution >= 0.6 is 27.3 Å². The minimum atomic E-state index is -0.233. The number of rotatable bonds is 3. The molecule has 0 aromatic carbocycles. The molecule has 1 saturated heterocycles. The molecule has 2 atom stereocenters. The summed E-state index contributed by atoms with van der Waals surface area (Å²) in [6, 6.07) is 2.39. The molecule has 1 aromatic rings. The first-order chi connectivity index (χ1) is 6.75. The highest BCUT2D eigenvalue weighted by molar-refractivity contribution is 9.10. The highest BCUT2D eigenvalue weighted by atomic mass is 79.9. The molecule has 2 N–H and O–H groups in total. The summed E-state index contributed by atoms with van der Waals surface area (Å²) in [7, 11) is 0. The Kier molecular flexibility index (Phi) is 3.60. The average Bonchev–Trinajstić information content (AvgIpc) is 2.75. The third-order valence-corrected chi connectivity index (χ3v) is 4.31. The lowest BCUT2D eigenvalue weighted by Crippen LogP contribution is -2.35. The van der Waals surface area contributed by atoms with Crippen molar-refractivity contribution in [2.24, 2.45) is 0 Å². The van der Waals surface area contributed by atoms with Gasteiger partial charge in [-0.05, 0) is 41.4 Å². The first-order valence-corrected chi connectivity index (χ1v) is 6.57. The van der Waals surface area contributed by atoms with Crippen LogP contribution in [0.1, 0.15) is 17.7 Å². The van der Waals surface area contributed by atoms with Gasteiger partial charge in [-0.1, -0.05) is 0 Å². The largest absolute Gasteiger partial charge is 0.391 e. The lowest BCUT2D eigenvalue weighted by molar-refractivity contribution is 0.137. The Morgan fingerprint density at radius 1 is 1.71 bits per heavy atom. The second kappa shape index (κ2) is 4.75. The first kappa shape index (κ1) is 10.6. The predicted octanol–water partition coefficient (Wildman–Crippen LogP) is 2.17. The number of hydrogen-bond acceptors (Lipinski definition) is 3. The van der Waals surface area contributed by atoms with Gasteiger partial charge in [-0.3, -0.25) is 0 Å². The summed E-state index contributed by atoms with van der Waals surface area (Å²) in [4.78, 5) is 1.25. The molecular weight excluding hydrogens is 262 g/mol. The molecule has 1 aliphatic rings. The van der Waals surface area contributed by atoms with E-state index in [2.05, 4.69) is 32.7 Å². The molecule has 2 unspecified atom stereocenters. The number of hydrogen-bond donors (Lipinski definition) is 2. The van der Waals surface area contributed by atoms with Crippen molar-refractivity contribution in [1.82, 2.24) is 5.32 Å². The summed E-state index contributed by atoms with van der Waals surface area (Å²) in [6.07, 6.45) is 2.83. The van der Waals surface area contributed by atoms with Gasteiger partial charge in [-0.25, -0.2) is 0 Å². The van der Waals surface area contributed by atoms with Gasteiger partial charge in [-0.2, -0.15) is 0 Å². The molecule has 0 radical (unpaired) electrons. The maximum atomic E-state index is 9.94. The van der Waals surface area contributed by atoms with Gasteiger partial charge >= 0.3 is 0 Å². The van der Waals surface area contributed by atoms with Crippen molar-refractivity contribution in [2.75, 3.05) is 6.54 Å². The zero-order valence-electron chi connectivity index (χ0n) is 7.87. The molecule has 1 fully saturated rings. The topological polar surface area (TPSA) is 32.3 Å². The third kappa shape index (κ3) is 2.57. The Hall–Kier alpha value is 0.1000. The fraction of sp³-hybridized carbons (Fsp3) is 0.600. The van der Waals surface area contributed by atoms with Gasteiger partial charge in [0.15, 0.2) is 0 Å². The van der Waals surface area contributed by atoms with Crippen LogP contribution in [-0.4, -0.2) is 23.8 Å². The van der Waals surface area contributed by atoms with Crippen molar-refractivity contribution in [3.8, 4) is 0 Å². The zero-order valence-corrected chi connectivity index (χ0v) is 10.3. The fourth-order valence-electron chi connectivity index (χ4n) is 1.85. The van der Waals surface area contributed by atoms with Crippen LogP contribution in [0.2, 0.25) is 0 Å². The zero-order chi connectivity index (χ0) is 9.97. The number of thiophene rings is 1. The van der Waals surface area contributed by atoms with Crippen LogP contribution in [0.5, 0.6) is 0 Å². The lowest BCUT2D eigenvalue weighted by atomic mass is 10.1. The van der Waals surface area contributed by atoms with Gasteiger partial charge in [0, 0.05) is 27.2 Å². The smallest absolute Gasteiger partial charge is 0.0741 e.